The molecule has 1 aromatic carbocycles. The van der Waals surface area contributed by atoms with Gasteiger partial charge in [-0.15, -0.1) is 11.3 Å². The zero-order chi connectivity index (χ0) is 15.0. The van der Waals surface area contributed by atoms with Gasteiger partial charge in [-0.3, -0.25) is 0 Å². The molecule has 0 bridgehead atoms. The van der Waals surface area contributed by atoms with E-state index in [1.807, 2.05) is 18.3 Å². The summed E-state index contributed by atoms with van der Waals surface area (Å²) in [6, 6.07) is 3.73. The molecular formula is C14H15ClN4S2. The van der Waals surface area contributed by atoms with Gasteiger partial charge < -0.3 is 5.32 Å². The Kier molecular flexibility index (Phi) is 3.86. The van der Waals surface area contributed by atoms with Crippen LogP contribution in [0.4, 0.5) is 5.69 Å². The van der Waals surface area contributed by atoms with E-state index in [1.165, 1.54) is 16.6 Å². The molecule has 3 aromatic rings. The van der Waals surface area contributed by atoms with Gasteiger partial charge in [-0.05, 0) is 12.1 Å². The van der Waals surface area contributed by atoms with Crippen molar-refractivity contribution >= 4 is 51.4 Å². The van der Waals surface area contributed by atoms with Crippen molar-refractivity contribution in [3.8, 4) is 0 Å². The third-order valence-electron chi connectivity index (χ3n) is 3.01. The Labute approximate surface area is 136 Å². The molecule has 110 valence electrons. The summed E-state index contributed by atoms with van der Waals surface area (Å²) in [5, 5.41) is 5.17. The van der Waals surface area contributed by atoms with Crippen LogP contribution in [0.25, 0.3) is 11.0 Å². The monoisotopic (exact) mass is 338 g/mol. The highest BCUT2D eigenvalue weighted by Gasteiger charge is 2.18. The van der Waals surface area contributed by atoms with Crippen molar-refractivity contribution in [2.75, 3.05) is 5.32 Å². The fourth-order valence-corrected chi connectivity index (χ4v) is 3.58. The number of hydrogen-bond donors (Lipinski definition) is 1. The molecule has 4 nitrogen and oxygen atoms in total. The van der Waals surface area contributed by atoms with E-state index in [-0.39, 0.29) is 5.41 Å². The maximum Gasteiger partial charge on any atom is 0.129 e. The third kappa shape index (κ3) is 3.02. The Hall–Kier alpha value is -1.24. The van der Waals surface area contributed by atoms with Gasteiger partial charge in [0, 0.05) is 16.5 Å². The first-order valence-corrected chi connectivity index (χ1v) is 8.47. The molecule has 0 aliphatic carbocycles. The fraction of sp³-hybridized carbons (Fsp3) is 0.357. The molecule has 1 N–H and O–H groups in total. The molecular weight excluding hydrogens is 324 g/mol. The van der Waals surface area contributed by atoms with Crippen LogP contribution in [-0.4, -0.2) is 13.7 Å². The molecule has 3 rings (SSSR count). The van der Waals surface area contributed by atoms with Gasteiger partial charge in [-0.1, -0.05) is 32.4 Å². The summed E-state index contributed by atoms with van der Waals surface area (Å²) in [6.07, 6.45) is 1.92. The summed E-state index contributed by atoms with van der Waals surface area (Å²) >= 11 is 9.19. The second-order valence-corrected chi connectivity index (χ2v) is 7.84. The van der Waals surface area contributed by atoms with Crippen LogP contribution >= 0.6 is 34.7 Å². The highest BCUT2D eigenvalue weighted by Crippen LogP contribution is 2.31. The summed E-state index contributed by atoms with van der Waals surface area (Å²) in [4.78, 5) is 5.67. The lowest BCUT2D eigenvalue weighted by Gasteiger charge is -2.13. The van der Waals surface area contributed by atoms with Crippen LogP contribution < -0.4 is 5.32 Å². The maximum absolute atomic E-state index is 6.27. The maximum atomic E-state index is 6.27. The molecule has 2 heterocycles. The fourth-order valence-electron chi connectivity index (χ4n) is 1.91. The lowest BCUT2D eigenvalue weighted by Crippen LogP contribution is -2.09. The second kappa shape index (κ2) is 5.51. The Morgan fingerprint density at radius 1 is 1.24 bits per heavy atom. The molecule has 2 aromatic heterocycles. The number of anilines is 1. The molecule has 0 aliphatic rings. The molecule has 21 heavy (non-hydrogen) atoms. The number of aromatic nitrogens is 3. The van der Waals surface area contributed by atoms with Crippen LogP contribution in [0.15, 0.2) is 18.3 Å². The van der Waals surface area contributed by atoms with Crippen molar-refractivity contribution < 1.29 is 0 Å². The number of fused-ring (bicyclic) bond motifs is 1. The minimum absolute atomic E-state index is 0.0827. The normalized spacial score (nSPS) is 12.0. The molecule has 0 unspecified atom stereocenters. The van der Waals surface area contributed by atoms with Gasteiger partial charge in [-0.25, -0.2) is 4.98 Å². The zero-order valence-corrected chi connectivity index (χ0v) is 14.4. The summed E-state index contributed by atoms with van der Waals surface area (Å²) < 4.78 is 8.54. The number of hydrogen-bond acceptors (Lipinski definition) is 6. The van der Waals surface area contributed by atoms with Crippen molar-refractivity contribution in [1.82, 2.24) is 13.7 Å². The van der Waals surface area contributed by atoms with Crippen molar-refractivity contribution in [3.05, 3.63) is 33.2 Å². The number of thiazole rings is 1. The molecule has 0 spiro atoms. The number of halogens is 1. The van der Waals surface area contributed by atoms with E-state index < -0.39 is 0 Å². The molecule has 0 saturated heterocycles. The Bertz CT molecular complexity index is 773. The van der Waals surface area contributed by atoms with Crippen molar-refractivity contribution in [3.63, 3.8) is 0 Å². The third-order valence-corrected chi connectivity index (χ3v) is 5.29. The van der Waals surface area contributed by atoms with Gasteiger partial charge in [0.05, 0.1) is 34.0 Å². The molecule has 0 saturated carbocycles. The standard InChI is InChI=1S/C14H15ClN4S2/c1-14(2,3)13-17-7-8(20-13)6-16-11-9(15)4-5-10-12(11)19-21-18-10/h4-5,7,16H,6H2,1-3H3. The predicted octanol–water partition coefficient (Wildman–Crippen LogP) is 4.71. The number of rotatable bonds is 3. The van der Waals surface area contributed by atoms with E-state index in [0.29, 0.717) is 11.6 Å². The summed E-state index contributed by atoms with van der Waals surface area (Å²) in [6.45, 7) is 7.19. The van der Waals surface area contributed by atoms with E-state index >= 15 is 0 Å². The molecule has 0 radical (unpaired) electrons. The largest absolute Gasteiger partial charge is 0.377 e. The van der Waals surface area contributed by atoms with Gasteiger partial charge in [-0.2, -0.15) is 8.75 Å². The molecule has 7 heteroatoms. The first-order valence-electron chi connectivity index (χ1n) is 6.55. The van der Waals surface area contributed by atoms with Crippen LogP contribution in [0.2, 0.25) is 5.02 Å². The minimum Gasteiger partial charge on any atom is -0.377 e. The van der Waals surface area contributed by atoms with Gasteiger partial charge >= 0.3 is 0 Å². The zero-order valence-electron chi connectivity index (χ0n) is 12.0. The number of nitrogens with one attached hydrogen (secondary N) is 1. The second-order valence-electron chi connectivity index (χ2n) is 5.79. The lowest BCUT2D eigenvalue weighted by atomic mass is 9.98. The Balaban J connectivity index is 1.82. The van der Waals surface area contributed by atoms with Gasteiger partial charge in [0.1, 0.15) is 11.0 Å². The van der Waals surface area contributed by atoms with Gasteiger partial charge in [0.2, 0.25) is 0 Å². The van der Waals surface area contributed by atoms with Crippen molar-refractivity contribution in [2.24, 2.45) is 0 Å². The van der Waals surface area contributed by atoms with E-state index in [2.05, 4.69) is 39.8 Å². The number of nitrogens with zero attached hydrogens (tertiary/aromatic N) is 3. The Morgan fingerprint density at radius 2 is 2.05 bits per heavy atom. The van der Waals surface area contributed by atoms with Crippen LogP contribution in [-0.2, 0) is 12.0 Å². The van der Waals surface area contributed by atoms with E-state index in [9.17, 15) is 0 Å². The van der Waals surface area contributed by atoms with Gasteiger partial charge in [0.15, 0.2) is 0 Å². The van der Waals surface area contributed by atoms with Crippen LogP contribution in [0.5, 0.6) is 0 Å². The van der Waals surface area contributed by atoms with Crippen molar-refractivity contribution in [1.29, 1.82) is 0 Å². The average molecular weight is 339 g/mol. The molecule has 0 fully saturated rings. The molecule has 0 aliphatic heterocycles. The average Bonchev–Trinajstić information content (AvgIpc) is 3.05. The molecule has 0 amide bonds. The predicted molar refractivity (Wildman–Crippen MR) is 90.6 cm³/mol. The van der Waals surface area contributed by atoms with Crippen LogP contribution in [0.1, 0.15) is 30.7 Å². The summed E-state index contributed by atoms with van der Waals surface area (Å²) in [5.41, 5.74) is 2.62. The minimum atomic E-state index is 0.0827. The van der Waals surface area contributed by atoms with Crippen LogP contribution in [0, 0.1) is 0 Å². The lowest BCUT2D eigenvalue weighted by molar-refractivity contribution is 0.585. The summed E-state index contributed by atoms with van der Waals surface area (Å²) in [7, 11) is 0. The highest BCUT2D eigenvalue weighted by molar-refractivity contribution is 7.11. The summed E-state index contributed by atoms with van der Waals surface area (Å²) in [5.74, 6) is 0. The topological polar surface area (TPSA) is 50.7 Å². The van der Waals surface area contributed by atoms with E-state index in [1.54, 1.807) is 11.3 Å². The quantitative estimate of drug-likeness (QED) is 0.751. The number of benzene rings is 1. The highest BCUT2D eigenvalue weighted by atomic mass is 35.5. The van der Waals surface area contributed by atoms with Crippen LogP contribution in [0.3, 0.4) is 0 Å². The first-order chi connectivity index (χ1) is 9.95. The first kappa shape index (κ1) is 14.7. The van der Waals surface area contributed by atoms with Crippen molar-refractivity contribution in [2.45, 2.75) is 32.7 Å². The van der Waals surface area contributed by atoms with E-state index in [0.717, 1.165) is 21.7 Å². The molecule has 0 atom stereocenters. The Morgan fingerprint density at radius 3 is 2.76 bits per heavy atom. The SMILES string of the molecule is CC(C)(C)c1ncc(CNc2c(Cl)ccc3nsnc23)s1. The smallest absolute Gasteiger partial charge is 0.129 e. The van der Waals surface area contributed by atoms with E-state index in [4.69, 9.17) is 11.6 Å². The van der Waals surface area contributed by atoms with Gasteiger partial charge in [0.25, 0.3) is 0 Å².